The number of amides is 2. The van der Waals surface area contributed by atoms with Gasteiger partial charge in [-0.2, -0.15) is 0 Å². The summed E-state index contributed by atoms with van der Waals surface area (Å²) in [5.74, 6) is 1.15. The molecule has 1 aliphatic heterocycles. The lowest BCUT2D eigenvalue weighted by molar-refractivity contribution is -0.118. The van der Waals surface area contributed by atoms with E-state index < -0.39 is 0 Å². The number of carbonyl (C=O) groups is 2. The maximum Gasteiger partial charge on any atom is 0.286 e. The Balaban J connectivity index is 1.37. The number of aryl methyl sites for hydroxylation is 1. The summed E-state index contributed by atoms with van der Waals surface area (Å²) in [7, 11) is 0. The molecule has 2 amide bonds. The molecular weight excluding hydrogens is 426 g/mol. The highest BCUT2D eigenvalue weighted by Gasteiger charge is 2.31. The van der Waals surface area contributed by atoms with Gasteiger partial charge in [-0.1, -0.05) is 61.2 Å². The van der Waals surface area contributed by atoms with Crippen molar-refractivity contribution in [2.24, 2.45) is 0 Å². The second-order valence-corrected chi connectivity index (χ2v) is 8.52. The standard InChI is InChI=1S/C24H23N3O4S/c1-2-21-25-19(17-6-4-3-5-7-17)15-22(28)27(21)12-13-31-18-10-8-16(9-11-18)14-20-23(29)26-24(30)32-20/h3-11,15,20H,2,12-14H2,1H3,(H,26,29,30). The third kappa shape index (κ3) is 5.08. The normalized spacial score (nSPS) is 15.6. The van der Waals surface area contributed by atoms with Crippen LogP contribution in [-0.2, 0) is 24.2 Å². The van der Waals surface area contributed by atoms with Crippen LogP contribution in [0.25, 0.3) is 11.3 Å². The molecule has 4 rings (SSSR count). The summed E-state index contributed by atoms with van der Waals surface area (Å²) in [4.78, 5) is 40.4. The van der Waals surface area contributed by atoms with E-state index >= 15 is 0 Å². The SMILES string of the molecule is CCc1nc(-c2ccccc2)cc(=O)n1CCOc1ccc(CC2SC(=O)NC2=O)cc1. The Labute approximate surface area is 189 Å². The van der Waals surface area contributed by atoms with Gasteiger partial charge in [0.2, 0.25) is 5.91 Å². The Hall–Kier alpha value is -3.39. The molecule has 32 heavy (non-hydrogen) atoms. The molecule has 2 aromatic carbocycles. The lowest BCUT2D eigenvalue weighted by Crippen LogP contribution is -2.27. The number of ether oxygens (including phenoxy) is 1. The van der Waals surface area contributed by atoms with Gasteiger partial charge >= 0.3 is 0 Å². The van der Waals surface area contributed by atoms with Crippen molar-refractivity contribution < 1.29 is 14.3 Å². The molecule has 0 spiro atoms. The Morgan fingerprint density at radius 1 is 1.06 bits per heavy atom. The van der Waals surface area contributed by atoms with E-state index in [0.29, 0.717) is 37.4 Å². The van der Waals surface area contributed by atoms with Gasteiger partial charge in [0.25, 0.3) is 10.8 Å². The van der Waals surface area contributed by atoms with Gasteiger partial charge in [0, 0.05) is 18.1 Å². The van der Waals surface area contributed by atoms with Crippen LogP contribution in [0.2, 0.25) is 0 Å². The summed E-state index contributed by atoms with van der Waals surface area (Å²) in [5.41, 5.74) is 2.44. The first-order valence-electron chi connectivity index (χ1n) is 10.4. The lowest BCUT2D eigenvalue weighted by Gasteiger charge is -2.13. The molecule has 1 fully saturated rings. The topological polar surface area (TPSA) is 90.3 Å². The average molecular weight is 450 g/mol. The third-order valence-corrected chi connectivity index (χ3v) is 6.15. The van der Waals surface area contributed by atoms with Crippen LogP contribution in [0.1, 0.15) is 18.3 Å². The molecule has 1 unspecified atom stereocenters. The van der Waals surface area contributed by atoms with Crippen LogP contribution < -0.4 is 15.6 Å². The Morgan fingerprint density at radius 3 is 2.47 bits per heavy atom. The molecule has 8 heteroatoms. The van der Waals surface area contributed by atoms with Crippen LogP contribution in [0.15, 0.2) is 65.5 Å². The predicted molar refractivity (Wildman–Crippen MR) is 124 cm³/mol. The lowest BCUT2D eigenvalue weighted by atomic mass is 10.1. The van der Waals surface area contributed by atoms with Crippen molar-refractivity contribution in [3.63, 3.8) is 0 Å². The maximum atomic E-state index is 12.7. The molecule has 2 heterocycles. The van der Waals surface area contributed by atoms with Gasteiger partial charge in [0.05, 0.1) is 17.5 Å². The van der Waals surface area contributed by atoms with Gasteiger partial charge in [0.1, 0.15) is 18.2 Å². The highest BCUT2D eigenvalue weighted by Crippen LogP contribution is 2.24. The van der Waals surface area contributed by atoms with Crippen molar-refractivity contribution in [1.29, 1.82) is 0 Å². The molecular formula is C24H23N3O4S. The van der Waals surface area contributed by atoms with E-state index in [4.69, 9.17) is 4.74 Å². The summed E-state index contributed by atoms with van der Waals surface area (Å²) in [6.45, 7) is 2.70. The van der Waals surface area contributed by atoms with Crippen molar-refractivity contribution in [2.75, 3.05) is 6.61 Å². The van der Waals surface area contributed by atoms with Crippen molar-refractivity contribution in [2.45, 2.75) is 31.6 Å². The molecule has 0 aliphatic carbocycles. The molecule has 1 aliphatic rings. The van der Waals surface area contributed by atoms with Gasteiger partial charge in [-0.05, 0) is 24.1 Å². The Kier molecular flexibility index (Phi) is 6.70. The molecule has 3 aromatic rings. The number of imide groups is 1. The highest BCUT2D eigenvalue weighted by atomic mass is 32.2. The monoisotopic (exact) mass is 449 g/mol. The molecule has 7 nitrogen and oxygen atoms in total. The average Bonchev–Trinajstić information content (AvgIpc) is 3.12. The molecule has 164 valence electrons. The van der Waals surface area contributed by atoms with Gasteiger partial charge in [-0.3, -0.25) is 24.3 Å². The van der Waals surface area contributed by atoms with E-state index in [1.165, 1.54) is 0 Å². The minimum atomic E-state index is -0.389. The quantitative estimate of drug-likeness (QED) is 0.567. The van der Waals surface area contributed by atoms with Crippen molar-refractivity contribution in [3.8, 4) is 17.0 Å². The largest absolute Gasteiger partial charge is 0.492 e. The van der Waals surface area contributed by atoms with Gasteiger partial charge in [0.15, 0.2) is 0 Å². The van der Waals surface area contributed by atoms with Gasteiger partial charge < -0.3 is 4.74 Å². The number of hydrogen-bond acceptors (Lipinski definition) is 6. The van der Waals surface area contributed by atoms with E-state index in [2.05, 4.69) is 10.3 Å². The predicted octanol–water partition coefficient (Wildman–Crippen LogP) is 3.45. The van der Waals surface area contributed by atoms with E-state index in [1.807, 2.05) is 61.5 Å². The second kappa shape index (κ2) is 9.82. The highest BCUT2D eigenvalue weighted by molar-refractivity contribution is 8.15. The first kappa shape index (κ1) is 21.8. The number of thioether (sulfide) groups is 1. The number of nitrogens with zero attached hydrogens (tertiary/aromatic N) is 2. The van der Waals surface area contributed by atoms with Crippen molar-refractivity contribution in [3.05, 3.63) is 82.4 Å². The van der Waals surface area contributed by atoms with Crippen LogP contribution in [0, 0.1) is 0 Å². The molecule has 0 bridgehead atoms. The molecule has 0 radical (unpaired) electrons. The number of hydrogen-bond donors (Lipinski definition) is 1. The maximum absolute atomic E-state index is 12.7. The molecule has 1 atom stereocenters. The van der Waals surface area contributed by atoms with Crippen LogP contribution in [0.3, 0.4) is 0 Å². The van der Waals surface area contributed by atoms with Crippen LogP contribution >= 0.6 is 11.8 Å². The first-order valence-corrected chi connectivity index (χ1v) is 11.3. The van der Waals surface area contributed by atoms with Crippen molar-refractivity contribution in [1.82, 2.24) is 14.9 Å². The summed E-state index contributed by atoms with van der Waals surface area (Å²) in [6, 6.07) is 18.6. The summed E-state index contributed by atoms with van der Waals surface area (Å²) in [6.07, 6.45) is 1.12. The summed E-state index contributed by atoms with van der Waals surface area (Å²) in [5, 5.41) is 1.61. The van der Waals surface area contributed by atoms with Crippen LogP contribution in [-0.4, -0.2) is 32.6 Å². The minimum absolute atomic E-state index is 0.100. The fourth-order valence-corrected chi connectivity index (χ4v) is 4.40. The molecule has 1 N–H and O–H groups in total. The third-order valence-electron chi connectivity index (χ3n) is 5.17. The number of carbonyl (C=O) groups excluding carboxylic acids is 2. The van der Waals surface area contributed by atoms with Gasteiger partial charge in [-0.15, -0.1) is 0 Å². The second-order valence-electron chi connectivity index (χ2n) is 7.35. The van der Waals surface area contributed by atoms with Crippen LogP contribution in [0.5, 0.6) is 5.75 Å². The zero-order valence-corrected chi connectivity index (χ0v) is 18.4. The first-order chi connectivity index (χ1) is 15.5. The number of nitrogens with one attached hydrogen (secondary N) is 1. The molecule has 1 saturated heterocycles. The molecule has 1 aromatic heterocycles. The summed E-state index contributed by atoms with van der Waals surface area (Å²) < 4.78 is 7.46. The van der Waals surface area contributed by atoms with Crippen molar-refractivity contribution >= 4 is 22.9 Å². The van der Waals surface area contributed by atoms with Crippen LogP contribution in [0.4, 0.5) is 4.79 Å². The zero-order chi connectivity index (χ0) is 22.5. The Morgan fingerprint density at radius 2 is 1.81 bits per heavy atom. The number of benzene rings is 2. The van der Waals surface area contributed by atoms with Gasteiger partial charge in [-0.25, -0.2) is 4.98 Å². The fraction of sp³-hybridized carbons (Fsp3) is 0.250. The zero-order valence-electron chi connectivity index (χ0n) is 17.6. The number of aromatic nitrogens is 2. The minimum Gasteiger partial charge on any atom is -0.492 e. The van der Waals surface area contributed by atoms with E-state index in [9.17, 15) is 14.4 Å². The van der Waals surface area contributed by atoms with E-state index in [1.54, 1.807) is 10.6 Å². The summed E-state index contributed by atoms with van der Waals surface area (Å²) >= 11 is 1.02. The fourth-order valence-electron chi connectivity index (χ4n) is 3.54. The smallest absolute Gasteiger partial charge is 0.286 e. The number of rotatable bonds is 8. The van der Waals surface area contributed by atoms with E-state index in [0.717, 1.165) is 28.7 Å². The Bertz CT molecular complexity index is 1180. The van der Waals surface area contributed by atoms with E-state index in [-0.39, 0.29) is 22.0 Å². The molecule has 0 saturated carbocycles.